The van der Waals surface area contributed by atoms with Gasteiger partial charge in [0.25, 0.3) is 0 Å². The fourth-order valence-electron chi connectivity index (χ4n) is 17.3. The zero-order chi connectivity index (χ0) is 89.6. The van der Waals surface area contributed by atoms with Gasteiger partial charge in [0, 0.05) is 38.5 Å². The van der Waals surface area contributed by atoms with Crippen LogP contribution in [0.15, 0.2) is 231 Å². The van der Waals surface area contributed by atoms with Crippen LogP contribution in [-0.4, -0.2) is 28.4 Å². The molecule has 0 N–H and O–H groups in total. The van der Waals surface area contributed by atoms with Crippen molar-refractivity contribution in [3.05, 3.63) is 353 Å². The number of ether oxygens (including phenoxy) is 6. The Hall–Kier alpha value is -9.70. The Bertz CT molecular complexity index is 5040. The van der Waals surface area contributed by atoms with Crippen LogP contribution >= 0.6 is 15.8 Å². The molecule has 0 amide bonds. The number of hydrogen-bond acceptors (Lipinski definition) is 6. The SMILES string of the molecule is COc1c2cccc1Cc1cccc(c1OCc1ccc(P(c3cc(C(C)(C)C)cc(C(C)(C)C)c3)c3cc(C(C)(C)C)cc(C(C)(C)C)c3)cc1)Cc1cccc(c1OC)Cc1cccc(c1OC)Cc1cccc(c1OCc1ccc(P(c3cc(C(C)(C)C)cc(C(C)(C)C)c3)c3cc(C(C)(C)C)cc(C(C)(C)C)c3)cc1)Cc1cccc(c1OC)C2. The van der Waals surface area contributed by atoms with E-state index < -0.39 is 15.8 Å². The summed E-state index contributed by atoms with van der Waals surface area (Å²) >= 11 is 0. The van der Waals surface area contributed by atoms with Gasteiger partial charge in [0.05, 0.1) is 28.4 Å². The molecule has 12 aromatic carbocycles. The molecule has 6 nitrogen and oxygen atoms in total. The lowest BCUT2D eigenvalue weighted by atomic mass is 9.81. The topological polar surface area (TPSA) is 55.4 Å². The number of rotatable bonds is 16. The van der Waals surface area contributed by atoms with Gasteiger partial charge in [-0.3, -0.25) is 0 Å². The second-order valence-electron chi connectivity index (χ2n) is 43.0. The van der Waals surface area contributed by atoms with Crippen LogP contribution in [0.4, 0.5) is 0 Å². The maximum atomic E-state index is 7.44. The second-order valence-corrected chi connectivity index (χ2v) is 47.4. The van der Waals surface area contributed by atoms with Crippen LogP contribution in [0.2, 0.25) is 0 Å². The zero-order valence-corrected chi connectivity index (χ0v) is 81.7. The van der Waals surface area contributed by atoms with Crippen molar-refractivity contribution >= 4 is 47.7 Å². The molecule has 0 radical (unpaired) electrons. The lowest BCUT2D eigenvalue weighted by Gasteiger charge is -2.31. The van der Waals surface area contributed by atoms with Crippen LogP contribution < -0.4 is 60.2 Å². The average molecular weight is 1690 g/mol. The number of methoxy groups -OCH3 is 4. The minimum Gasteiger partial charge on any atom is -0.496 e. The van der Waals surface area contributed by atoms with Crippen molar-refractivity contribution in [3.8, 4) is 34.5 Å². The van der Waals surface area contributed by atoms with Crippen molar-refractivity contribution in [2.45, 2.75) is 261 Å². The first-order chi connectivity index (χ1) is 58.3. The molecule has 0 saturated carbocycles. The standard InChI is InChI=1S/C116H138O6P2/c1-109(2,3)89-61-90(110(4,5)6)66-99(65-89)123(100-67-91(111(7,8)9)62-92(68-100)112(10,11)12)97-51-47-75(48-52-97)73-121-107-85-43-33-44-86(107)58-82-40-30-36-78(104(82)118-26)56-80-38-32-42-84(106(80)120-28)60-88-46-34-45-87(59-83-41-31-37-79(105(83)119-27)55-77-35-29-39-81(57-85)103(77)117-25)108(88)122-74-76-49-53-98(54-50-76)124(101-69-93(113(13,14)15)63-94(70-101)114(16,17)18)102-71-95(115(19,20)21)64-96(72-102)116(22,23)24/h29-54,61-72H,55-60,73-74H2,1-28H3. The summed E-state index contributed by atoms with van der Waals surface area (Å²) in [6.45, 7) is 57.1. The number of fused-ring (bicyclic) bond motifs is 12. The lowest BCUT2D eigenvalue weighted by molar-refractivity contribution is 0.300. The van der Waals surface area contributed by atoms with Crippen LogP contribution in [0.3, 0.4) is 0 Å². The van der Waals surface area contributed by atoms with E-state index in [2.05, 4.69) is 397 Å². The normalized spacial score (nSPS) is 13.3. The van der Waals surface area contributed by atoms with E-state index in [1.54, 1.807) is 28.4 Å². The van der Waals surface area contributed by atoms with E-state index >= 15 is 0 Å². The molecule has 8 heteroatoms. The van der Waals surface area contributed by atoms with Gasteiger partial charge in [-0.2, -0.15) is 0 Å². The molecule has 0 atom stereocenters. The molecule has 0 aromatic heterocycles. The minimum atomic E-state index is -1.01. The lowest BCUT2D eigenvalue weighted by Crippen LogP contribution is -2.28. The van der Waals surface area contributed by atoms with Gasteiger partial charge in [-0.15, -0.1) is 0 Å². The maximum absolute atomic E-state index is 7.44. The van der Waals surface area contributed by atoms with E-state index in [1.807, 2.05) is 0 Å². The van der Waals surface area contributed by atoms with Gasteiger partial charge < -0.3 is 28.4 Å². The summed E-state index contributed by atoms with van der Waals surface area (Å²) in [5.41, 5.74) is 25.4. The van der Waals surface area contributed by atoms with Gasteiger partial charge >= 0.3 is 0 Å². The molecule has 12 aromatic rings. The molecule has 0 fully saturated rings. The second kappa shape index (κ2) is 36.3. The molecule has 13 rings (SSSR count). The highest BCUT2D eigenvalue weighted by atomic mass is 31.1. The van der Waals surface area contributed by atoms with Crippen LogP contribution in [-0.2, 0) is 95.1 Å². The Kier molecular flexibility index (Phi) is 27.0. The summed E-state index contributed by atoms with van der Waals surface area (Å²) in [5, 5.41) is 8.10. The van der Waals surface area contributed by atoms with E-state index in [4.69, 9.17) is 28.4 Å². The van der Waals surface area contributed by atoms with Gasteiger partial charge in [-0.1, -0.05) is 397 Å². The summed E-state index contributed by atoms with van der Waals surface area (Å²) in [4.78, 5) is 0. The van der Waals surface area contributed by atoms with Crippen LogP contribution in [0.5, 0.6) is 34.5 Å². The number of benzene rings is 12. The third-order valence-electron chi connectivity index (χ3n) is 25.0. The largest absolute Gasteiger partial charge is 0.496 e. The van der Waals surface area contributed by atoms with Crippen molar-refractivity contribution < 1.29 is 28.4 Å². The Morgan fingerprint density at radius 1 is 0.194 bits per heavy atom. The van der Waals surface area contributed by atoms with Crippen molar-refractivity contribution in [1.29, 1.82) is 0 Å². The summed E-state index contributed by atoms with van der Waals surface area (Å²) in [7, 11) is 5.19. The first kappa shape index (κ1) is 92.0. The molecule has 0 saturated heterocycles. The van der Waals surface area contributed by atoms with Crippen molar-refractivity contribution in [2.24, 2.45) is 0 Å². The van der Waals surface area contributed by atoms with Crippen molar-refractivity contribution in [3.63, 3.8) is 0 Å². The Morgan fingerprint density at radius 2 is 0.347 bits per heavy atom. The van der Waals surface area contributed by atoms with Gasteiger partial charge in [-0.25, -0.2) is 0 Å². The predicted octanol–water partition coefficient (Wildman–Crippen LogP) is 26.6. The summed E-state index contributed by atoms with van der Waals surface area (Å²) in [6.07, 6.45) is 3.37. The molecule has 0 unspecified atom stereocenters. The Labute approximate surface area is 748 Å². The highest BCUT2D eigenvalue weighted by molar-refractivity contribution is 7.80. The van der Waals surface area contributed by atoms with Crippen LogP contribution in [0.1, 0.15) is 289 Å². The van der Waals surface area contributed by atoms with E-state index in [-0.39, 0.29) is 43.3 Å². The van der Waals surface area contributed by atoms with E-state index in [1.165, 1.54) is 76.3 Å². The van der Waals surface area contributed by atoms with E-state index in [0.29, 0.717) is 51.7 Å². The summed E-state index contributed by atoms with van der Waals surface area (Å²) in [6, 6.07) is 88.3. The highest BCUT2D eigenvalue weighted by Gasteiger charge is 2.33. The van der Waals surface area contributed by atoms with Gasteiger partial charge in [0.2, 0.25) is 0 Å². The average Bonchev–Trinajstić information content (AvgIpc) is 0.765. The number of para-hydroxylation sites is 6. The quantitative estimate of drug-likeness (QED) is 0.0899. The molecular weight excluding hydrogens is 1550 g/mol. The Balaban J connectivity index is 0.883. The predicted molar refractivity (Wildman–Crippen MR) is 530 cm³/mol. The molecule has 0 spiro atoms. The molecule has 0 aliphatic heterocycles. The van der Waals surface area contributed by atoms with Crippen LogP contribution in [0.25, 0.3) is 0 Å². The third-order valence-corrected chi connectivity index (χ3v) is 29.7. The molecule has 124 heavy (non-hydrogen) atoms. The zero-order valence-electron chi connectivity index (χ0n) is 79.9. The van der Waals surface area contributed by atoms with Gasteiger partial charge in [0.1, 0.15) is 47.7 Å². The molecular formula is C116H138O6P2. The van der Waals surface area contributed by atoms with E-state index in [9.17, 15) is 0 Å². The van der Waals surface area contributed by atoms with Crippen molar-refractivity contribution in [1.82, 2.24) is 0 Å². The first-order valence-electron chi connectivity index (χ1n) is 44.8. The van der Waals surface area contributed by atoms with Gasteiger partial charge in [0.15, 0.2) is 0 Å². The maximum Gasteiger partial charge on any atom is 0.126 e. The highest BCUT2D eigenvalue weighted by Crippen LogP contribution is 2.46. The molecule has 1 aliphatic carbocycles. The molecule has 1 aliphatic rings. The summed E-state index contributed by atoms with van der Waals surface area (Å²) < 4.78 is 41.3. The summed E-state index contributed by atoms with van der Waals surface area (Å²) in [5.74, 6) is 5.07. The Morgan fingerprint density at radius 3 is 0.492 bits per heavy atom. The van der Waals surface area contributed by atoms with Gasteiger partial charge in [-0.05, 0) is 213 Å². The molecule has 648 valence electrons. The molecule has 0 heterocycles. The monoisotopic (exact) mass is 1690 g/mol. The number of hydrogen-bond donors (Lipinski definition) is 0. The van der Waals surface area contributed by atoms with Crippen molar-refractivity contribution in [2.75, 3.05) is 28.4 Å². The smallest absolute Gasteiger partial charge is 0.126 e. The fourth-order valence-corrected chi connectivity index (χ4v) is 22.1. The first-order valence-corrected chi connectivity index (χ1v) is 47.4. The third kappa shape index (κ3) is 21.2. The fraction of sp³-hybridized carbons (Fsp3) is 0.379. The van der Waals surface area contributed by atoms with Crippen LogP contribution in [0, 0.1) is 0 Å². The minimum absolute atomic E-state index is 0.0495. The van der Waals surface area contributed by atoms with E-state index in [0.717, 1.165) is 112 Å². The molecule has 12 bridgehead atoms.